The Morgan fingerprint density at radius 1 is 1.14 bits per heavy atom. The van der Waals surface area contributed by atoms with Gasteiger partial charge in [-0.2, -0.15) is 5.10 Å². The molecule has 3 aromatic rings. The Bertz CT molecular complexity index is 1130. The van der Waals surface area contributed by atoms with E-state index in [1.165, 1.54) is 28.9 Å². The maximum absolute atomic E-state index is 13.3. The zero-order valence-corrected chi connectivity index (χ0v) is 16.6. The molecule has 3 rings (SSSR count). The van der Waals surface area contributed by atoms with Gasteiger partial charge in [0.15, 0.2) is 0 Å². The number of aromatic nitrogens is 2. The molecule has 3 N–H and O–H groups in total. The van der Waals surface area contributed by atoms with E-state index < -0.39 is 28.7 Å². The van der Waals surface area contributed by atoms with Crippen LogP contribution in [0.15, 0.2) is 53.4 Å². The van der Waals surface area contributed by atoms with Gasteiger partial charge in [0, 0.05) is 25.3 Å². The first-order chi connectivity index (χ1) is 13.6. The fraction of sp³-hybridized carbons (Fsp3) is 0.211. The van der Waals surface area contributed by atoms with Gasteiger partial charge in [-0.1, -0.05) is 12.1 Å². The number of alkyl halides is 2. The van der Waals surface area contributed by atoms with Crippen molar-refractivity contribution in [1.82, 2.24) is 9.78 Å². The zero-order valence-electron chi connectivity index (χ0n) is 15.8. The molecule has 0 amide bonds. The molecular weight excluding hydrogens is 402 g/mol. The van der Waals surface area contributed by atoms with E-state index in [0.717, 1.165) is 5.69 Å². The molecule has 2 aromatic carbocycles. The average molecular weight is 422 g/mol. The predicted molar refractivity (Wildman–Crippen MR) is 106 cm³/mol. The third-order valence-electron chi connectivity index (χ3n) is 4.40. The highest BCUT2D eigenvalue weighted by Crippen LogP contribution is 2.30. The Morgan fingerprint density at radius 2 is 1.79 bits per heavy atom. The van der Waals surface area contributed by atoms with E-state index in [1.54, 1.807) is 12.1 Å². The fourth-order valence-corrected chi connectivity index (χ4v) is 3.68. The molecule has 29 heavy (non-hydrogen) atoms. The number of primary sulfonamides is 1. The quantitative estimate of drug-likeness (QED) is 0.636. The Kier molecular flexibility index (Phi) is 5.69. The number of nitrogens with two attached hydrogens (primary N) is 1. The second-order valence-corrected chi connectivity index (χ2v) is 8.13. The van der Waals surface area contributed by atoms with Crippen molar-refractivity contribution in [3.05, 3.63) is 59.8 Å². The zero-order chi connectivity index (χ0) is 21.3. The molecule has 7 nitrogen and oxygen atoms in total. The van der Waals surface area contributed by atoms with Crippen LogP contribution in [0.3, 0.4) is 0 Å². The van der Waals surface area contributed by atoms with E-state index >= 15 is 0 Å². The molecule has 154 valence electrons. The summed E-state index contributed by atoms with van der Waals surface area (Å²) in [5, 5.41) is 18.7. The summed E-state index contributed by atoms with van der Waals surface area (Å²) in [5.41, 5.74) is 1.94. The third kappa shape index (κ3) is 4.29. The van der Waals surface area contributed by atoms with Crippen LogP contribution in [-0.2, 0) is 16.6 Å². The molecule has 0 aliphatic carbocycles. The first-order valence-electron chi connectivity index (χ1n) is 8.54. The minimum Gasteiger partial charge on any atom is -0.392 e. The summed E-state index contributed by atoms with van der Waals surface area (Å²) in [6.07, 6.45) is -2.78. The van der Waals surface area contributed by atoms with Gasteiger partial charge in [0.05, 0.1) is 22.9 Å². The van der Waals surface area contributed by atoms with Crippen molar-refractivity contribution in [2.24, 2.45) is 5.14 Å². The van der Waals surface area contributed by atoms with Crippen LogP contribution in [0.4, 0.5) is 14.5 Å². The van der Waals surface area contributed by atoms with Gasteiger partial charge in [-0.3, -0.25) is 0 Å². The van der Waals surface area contributed by atoms with Crippen molar-refractivity contribution in [2.45, 2.75) is 17.9 Å². The van der Waals surface area contributed by atoms with E-state index in [1.807, 2.05) is 31.1 Å². The fourth-order valence-electron chi connectivity index (χ4n) is 2.94. The Balaban J connectivity index is 2.17. The number of aliphatic hydroxyl groups is 1. The van der Waals surface area contributed by atoms with Crippen molar-refractivity contribution in [1.29, 1.82) is 0 Å². The number of halogens is 2. The standard InChI is InChI=1S/C19H20F2N4O3S/c1-24(2)14-5-3-12(4-6-14)17-10-16(19(20)21)23-25(17)15-7-8-18(29(22,27)28)13(9-15)11-26/h3-10,19,26H,11H2,1-2H3,(H2,22,27,28). The van der Waals surface area contributed by atoms with Crippen LogP contribution < -0.4 is 10.0 Å². The number of hydrogen-bond acceptors (Lipinski definition) is 5. The lowest BCUT2D eigenvalue weighted by molar-refractivity contribution is 0.145. The molecule has 10 heteroatoms. The minimum atomic E-state index is -4.04. The molecule has 0 fully saturated rings. The largest absolute Gasteiger partial charge is 0.392 e. The highest BCUT2D eigenvalue weighted by molar-refractivity contribution is 7.89. The van der Waals surface area contributed by atoms with Crippen LogP contribution in [0.1, 0.15) is 17.7 Å². The summed E-state index contributed by atoms with van der Waals surface area (Å²) >= 11 is 0. The maximum Gasteiger partial charge on any atom is 0.282 e. The Hall–Kier alpha value is -2.82. The molecule has 0 bridgehead atoms. The molecule has 0 saturated heterocycles. The van der Waals surface area contributed by atoms with Gasteiger partial charge in [-0.15, -0.1) is 0 Å². The molecule has 0 aliphatic heterocycles. The molecule has 0 unspecified atom stereocenters. The van der Waals surface area contributed by atoms with Crippen LogP contribution in [0.2, 0.25) is 0 Å². The van der Waals surface area contributed by atoms with Crippen molar-refractivity contribution >= 4 is 15.7 Å². The second kappa shape index (κ2) is 7.90. The number of hydrogen-bond donors (Lipinski definition) is 2. The summed E-state index contributed by atoms with van der Waals surface area (Å²) in [4.78, 5) is 1.67. The molecule has 0 aliphatic rings. The van der Waals surface area contributed by atoms with Crippen molar-refractivity contribution in [3.63, 3.8) is 0 Å². The monoisotopic (exact) mass is 422 g/mol. The van der Waals surface area contributed by atoms with E-state index in [4.69, 9.17) is 5.14 Å². The van der Waals surface area contributed by atoms with Gasteiger partial charge >= 0.3 is 0 Å². The molecule has 0 radical (unpaired) electrons. The van der Waals surface area contributed by atoms with Gasteiger partial charge in [0.1, 0.15) is 5.69 Å². The normalized spacial score (nSPS) is 11.8. The van der Waals surface area contributed by atoms with Crippen LogP contribution in [0.25, 0.3) is 16.9 Å². The lowest BCUT2D eigenvalue weighted by Gasteiger charge is -2.14. The van der Waals surface area contributed by atoms with Gasteiger partial charge in [0.2, 0.25) is 10.0 Å². The lowest BCUT2D eigenvalue weighted by Crippen LogP contribution is -2.15. The van der Waals surface area contributed by atoms with E-state index in [9.17, 15) is 22.3 Å². The minimum absolute atomic E-state index is 0.0491. The molecule has 0 atom stereocenters. The average Bonchev–Trinajstić information content (AvgIpc) is 3.12. The van der Waals surface area contributed by atoms with Crippen LogP contribution in [-0.4, -0.2) is 37.4 Å². The Labute approximate surface area is 167 Å². The van der Waals surface area contributed by atoms with Crippen molar-refractivity contribution in [3.8, 4) is 16.9 Å². The molecule has 1 aromatic heterocycles. The summed E-state index contributed by atoms with van der Waals surface area (Å²) < 4.78 is 51.2. The number of nitrogens with zero attached hydrogens (tertiary/aromatic N) is 3. The number of sulfonamides is 1. The molecule has 0 spiro atoms. The van der Waals surface area contributed by atoms with Gasteiger partial charge in [-0.25, -0.2) is 27.0 Å². The molecule has 0 saturated carbocycles. The number of rotatable bonds is 6. The van der Waals surface area contributed by atoms with Gasteiger partial charge in [-0.05, 0) is 42.0 Å². The Morgan fingerprint density at radius 3 is 2.31 bits per heavy atom. The highest BCUT2D eigenvalue weighted by Gasteiger charge is 2.20. The topological polar surface area (TPSA) is 101 Å². The van der Waals surface area contributed by atoms with Crippen LogP contribution in [0, 0.1) is 0 Å². The smallest absolute Gasteiger partial charge is 0.282 e. The number of benzene rings is 2. The predicted octanol–water partition coefficient (Wildman–Crippen LogP) is 2.68. The summed E-state index contributed by atoms with van der Waals surface area (Å²) in [6.45, 7) is -0.588. The second-order valence-electron chi connectivity index (χ2n) is 6.60. The SMILES string of the molecule is CN(C)c1ccc(-c2cc(C(F)F)nn2-c2ccc(S(N)(=O)=O)c(CO)c2)cc1. The first-order valence-corrected chi connectivity index (χ1v) is 10.1. The summed E-state index contributed by atoms with van der Waals surface area (Å²) in [5.74, 6) is 0. The van der Waals surface area contributed by atoms with E-state index in [-0.39, 0.29) is 10.5 Å². The lowest BCUT2D eigenvalue weighted by atomic mass is 10.1. The third-order valence-corrected chi connectivity index (χ3v) is 5.41. The van der Waals surface area contributed by atoms with E-state index in [0.29, 0.717) is 16.9 Å². The number of anilines is 1. The highest BCUT2D eigenvalue weighted by atomic mass is 32.2. The molecular formula is C19H20F2N4O3S. The van der Waals surface area contributed by atoms with Crippen molar-refractivity contribution < 1.29 is 22.3 Å². The van der Waals surface area contributed by atoms with Gasteiger partial charge in [0.25, 0.3) is 6.43 Å². The molecule has 1 heterocycles. The summed E-state index contributed by atoms with van der Waals surface area (Å²) in [7, 11) is -0.269. The first kappa shape index (κ1) is 20.9. The van der Waals surface area contributed by atoms with Crippen LogP contribution >= 0.6 is 0 Å². The summed E-state index contributed by atoms with van der Waals surface area (Å²) in [6, 6.07) is 12.5. The van der Waals surface area contributed by atoms with Gasteiger partial charge < -0.3 is 10.0 Å². The van der Waals surface area contributed by atoms with Crippen LogP contribution in [0.5, 0.6) is 0 Å². The number of aliphatic hydroxyl groups excluding tert-OH is 1. The van der Waals surface area contributed by atoms with E-state index in [2.05, 4.69) is 5.10 Å². The van der Waals surface area contributed by atoms with Crippen molar-refractivity contribution in [2.75, 3.05) is 19.0 Å². The maximum atomic E-state index is 13.3.